The minimum Gasteiger partial charge on any atom is -0.481 e. The molecule has 8 heteroatoms. The van der Waals surface area contributed by atoms with Crippen LogP contribution in [0.3, 0.4) is 0 Å². The largest absolute Gasteiger partial charge is 0.481 e. The van der Waals surface area contributed by atoms with E-state index >= 15 is 0 Å². The molecule has 0 saturated carbocycles. The molecular weight excluding hydrogens is 342 g/mol. The molecule has 0 radical (unpaired) electrons. The van der Waals surface area contributed by atoms with Crippen LogP contribution in [0.5, 0.6) is 5.75 Å². The van der Waals surface area contributed by atoms with E-state index in [1.165, 1.54) is 11.3 Å². The van der Waals surface area contributed by atoms with E-state index in [0.29, 0.717) is 12.1 Å². The van der Waals surface area contributed by atoms with Crippen molar-refractivity contribution in [1.82, 2.24) is 0 Å². The Hall–Kier alpha value is -2.14. The summed E-state index contributed by atoms with van der Waals surface area (Å²) < 4.78 is 81.1. The highest BCUT2D eigenvalue weighted by Crippen LogP contribution is 2.41. The van der Waals surface area contributed by atoms with Crippen LogP contribution in [0.2, 0.25) is 0 Å². The van der Waals surface area contributed by atoms with Crippen LogP contribution < -0.4 is 4.74 Å². The number of alkyl halides is 6. The molecular formula is C15H8F6OS. The Kier molecular flexibility index (Phi) is 4.90. The topological polar surface area (TPSA) is 9.23 Å². The fourth-order valence-electron chi connectivity index (χ4n) is 1.69. The van der Waals surface area contributed by atoms with E-state index in [-0.39, 0.29) is 12.4 Å². The number of rotatable bonds is 2. The van der Waals surface area contributed by atoms with Crippen molar-refractivity contribution in [2.24, 2.45) is 0 Å². The maximum absolute atomic E-state index is 12.8. The molecule has 0 aliphatic rings. The summed E-state index contributed by atoms with van der Waals surface area (Å²) in [5.74, 6) is 4.96. The molecule has 0 saturated heterocycles. The van der Waals surface area contributed by atoms with Gasteiger partial charge in [0, 0.05) is 0 Å². The van der Waals surface area contributed by atoms with Gasteiger partial charge in [0.25, 0.3) is 0 Å². The van der Waals surface area contributed by atoms with E-state index in [2.05, 4.69) is 11.8 Å². The van der Waals surface area contributed by atoms with Crippen molar-refractivity contribution in [2.75, 3.05) is 6.61 Å². The van der Waals surface area contributed by atoms with E-state index in [1.807, 2.05) is 0 Å². The van der Waals surface area contributed by atoms with Crippen molar-refractivity contribution in [2.45, 2.75) is 12.4 Å². The summed E-state index contributed by atoms with van der Waals surface area (Å²) in [5, 5.41) is 1.80. The molecule has 2 aromatic rings. The van der Waals surface area contributed by atoms with Crippen molar-refractivity contribution in [3.05, 3.63) is 51.7 Å². The molecule has 0 fully saturated rings. The van der Waals surface area contributed by atoms with Crippen LogP contribution in [-0.4, -0.2) is 6.61 Å². The van der Waals surface area contributed by atoms with Gasteiger partial charge in [-0.05, 0) is 29.6 Å². The van der Waals surface area contributed by atoms with Crippen LogP contribution >= 0.6 is 11.3 Å². The maximum atomic E-state index is 12.8. The number of hydrogen-bond donors (Lipinski definition) is 0. The van der Waals surface area contributed by atoms with Gasteiger partial charge in [-0.25, -0.2) is 0 Å². The number of ether oxygens (including phenoxy) is 1. The number of hydrogen-bond acceptors (Lipinski definition) is 2. The standard InChI is InChI=1S/C15H8F6OS/c16-14(17,18)12-6-5-10(9-13(12)15(19,20)21)22-7-1-3-11-4-2-8-23-11/h2,4-6,8-9H,7H2. The summed E-state index contributed by atoms with van der Waals surface area (Å²) in [6, 6.07) is 5.05. The monoisotopic (exact) mass is 350 g/mol. The van der Waals surface area contributed by atoms with Crippen molar-refractivity contribution in [3.8, 4) is 17.6 Å². The zero-order valence-electron chi connectivity index (χ0n) is 11.3. The summed E-state index contributed by atoms with van der Waals surface area (Å²) in [6.07, 6.45) is -10.2. The molecule has 0 aliphatic heterocycles. The summed E-state index contributed by atoms with van der Waals surface area (Å²) >= 11 is 1.38. The zero-order valence-corrected chi connectivity index (χ0v) is 12.1. The summed E-state index contributed by atoms with van der Waals surface area (Å²) in [4.78, 5) is 0.747. The van der Waals surface area contributed by atoms with Gasteiger partial charge < -0.3 is 4.74 Å². The Morgan fingerprint density at radius 3 is 2.22 bits per heavy atom. The molecule has 0 unspecified atom stereocenters. The lowest BCUT2D eigenvalue weighted by Gasteiger charge is -2.16. The number of benzene rings is 1. The first-order valence-electron chi connectivity index (χ1n) is 6.11. The van der Waals surface area contributed by atoms with Gasteiger partial charge in [0.15, 0.2) is 0 Å². The fraction of sp³-hybridized carbons (Fsp3) is 0.200. The molecule has 0 spiro atoms. The van der Waals surface area contributed by atoms with Crippen LogP contribution in [0, 0.1) is 11.8 Å². The van der Waals surface area contributed by atoms with Gasteiger partial charge in [0.2, 0.25) is 0 Å². The SMILES string of the molecule is FC(F)(F)c1ccc(OCC#Cc2cccs2)cc1C(F)(F)F. The third-order valence-corrected chi connectivity index (χ3v) is 3.43. The van der Waals surface area contributed by atoms with Crippen molar-refractivity contribution >= 4 is 11.3 Å². The normalized spacial score (nSPS) is 11.7. The molecule has 0 atom stereocenters. The van der Waals surface area contributed by atoms with Crippen LogP contribution in [0.15, 0.2) is 35.7 Å². The highest BCUT2D eigenvalue weighted by molar-refractivity contribution is 7.10. The average Bonchev–Trinajstić information content (AvgIpc) is 2.94. The smallest absolute Gasteiger partial charge is 0.417 e. The zero-order chi connectivity index (χ0) is 17.1. The Bertz CT molecular complexity index is 719. The molecule has 0 N–H and O–H groups in total. The molecule has 1 nitrogen and oxygen atoms in total. The second-order valence-electron chi connectivity index (χ2n) is 4.27. The molecule has 0 amide bonds. The van der Waals surface area contributed by atoms with Crippen LogP contribution in [0.1, 0.15) is 16.0 Å². The lowest BCUT2D eigenvalue weighted by Crippen LogP contribution is -2.16. The number of thiophene rings is 1. The highest BCUT2D eigenvalue weighted by Gasteiger charge is 2.43. The minimum absolute atomic E-state index is 0.236. The van der Waals surface area contributed by atoms with Crippen molar-refractivity contribution < 1.29 is 31.1 Å². The van der Waals surface area contributed by atoms with Crippen LogP contribution in [-0.2, 0) is 12.4 Å². The second kappa shape index (κ2) is 6.54. The quantitative estimate of drug-likeness (QED) is 0.533. The lowest BCUT2D eigenvalue weighted by molar-refractivity contribution is -0.162. The lowest BCUT2D eigenvalue weighted by atomic mass is 10.1. The highest BCUT2D eigenvalue weighted by atomic mass is 32.1. The average molecular weight is 350 g/mol. The van der Waals surface area contributed by atoms with Gasteiger partial charge in [0.1, 0.15) is 12.4 Å². The van der Waals surface area contributed by atoms with Crippen molar-refractivity contribution in [3.63, 3.8) is 0 Å². The maximum Gasteiger partial charge on any atom is 0.417 e. The third kappa shape index (κ3) is 4.66. The van der Waals surface area contributed by atoms with E-state index in [0.717, 1.165) is 10.9 Å². The summed E-state index contributed by atoms with van der Waals surface area (Å²) in [5.41, 5.74) is -3.53. The molecule has 0 aliphatic carbocycles. The predicted octanol–water partition coefficient (Wildman–Crippen LogP) is 5.22. The van der Waals surface area contributed by atoms with E-state index in [1.54, 1.807) is 17.5 Å². The molecule has 0 bridgehead atoms. The second-order valence-corrected chi connectivity index (χ2v) is 5.22. The van der Waals surface area contributed by atoms with E-state index < -0.39 is 23.5 Å². The Morgan fingerprint density at radius 1 is 0.957 bits per heavy atom. The van der Waals surface area contributed by atoms with Crippen LogP contribution in [0.4, 0.5) is 26.3 Å². The van der Waals surface area contributed by atoms with Gasteiger partial charge >= 0.3 is 12.4 Å². The molecule has 1 heterocycles. The Morgan fingerprint density at radius 2 is 1.65 bits per heavy atom. The summed E-state index contributed by atoms with van der Waals surface area (Å²) in [6.45, 7) is -0.236. The Labute approximate surface area is 131 Å². The first-order valence-corrected chi connectivity index (χ1v) is 6.99. The predicted molar refractivity (Wildman–Crippen MR) is 73.1 cm³/mol. The molecule has 2 rings (SSSR count). The van der Waals surface area contributed by atoms with Gasteiger partial charge in [-0.1, -0.05) is 17.9 Å². The van der Waals surface area contributed by atoms with Crippen LogP contribution in [0.25, 0.3) is 0 Å². The van der Waals surface area contributed by atoms with Gasteiger partial charge in [0.05, 0.1) is 16.0 Å². The first kappa shape index (κ1) is 17.2. The van der Waals surface area contributed by atoms with E-state index in [9.17, 15) is 26.3 Å². The number of halogens is 6. The van der Waals surface area contributed by atoms with Gasteiger partial charge in [-0.3, -0.25) is 0 Å². The molecule has 122 valence electrons. The first-order chi connectivity index (χ1) is 10.7. The van der Waals surface area contributed by atoms with Gasteiger partial charge in [-0.2, -0.15) is 26.3 Å². The molecule has 1 aromatic heterocycles. The Balaban J connectivity index is 2.17. The summed E-state index contributed by atoms with van der Waals surface area (Å²) in [7, 11) is 0. The van der Waals surface area contributed by atoms with Gasteiger partial charge in [-0.15, -0.1) is 11.3 Å². The molecule has 23 heavy (non-hydrogen) atoms. The van der Waals surface area contributed by atoms with Crippen molar-refractivity contribution in [1.29, 1.82) is 0 Å². The van der Waals surface area contributed by atoms with E-state index in [4.69, 9.17) is 4.74 Å². The minimum atomic E-state index is -5.13. The fourth-order valence-corrected chi connectivity index (χ4v) is 2.28. The third-order valence-electron chi connectivity index (χ3n) is 2.65. The molecule has 1 aromatic carbocycles.